The third kappa shape index (κ3) is 7.03. The summed E-state index contributed by atoms with van der Waals surface area (Å²) in [5, 5.41) is 28.5. The number of nitrogens with zero attached hydrogens (tertiary/aromatic N) is 1. The molecule has 10 nitrogen and oxygen atoms in total. The quantitative estimate of drug-likeness (QED) is 0.243. The Morgan fingerprint density at radius 1 is 1.35 bits per heavy atom. The van der Waals surface area contributed by atoms with Gasteiger partial charge in [0.1, 0.15) is 17.5 Å². The van der Waals surface area contributed by atoms with Crippen molar-refractivity contribution in [3.63, 3.8) is 0 Å². The maximum Gasteiger partial charge on any atom is 0.321 e. The minimum Gasteiger partial charge on any atom is -0.494 e. The van der Waals surface area contributed by atoms with Gasteiger partial charge in [-0.05, 0) is 45.6 Å². The number of carbonyl (C=O) groups is 2. The lowest BCUT2D eigenvalue weighted by molar-refractivity contribution is -0.384. The molecule has 0 saturated heterocycles. The fourth-order valence-electron chi connectivity index (χ4n) is 2.20. The topological polar surface area (TPSA) is 143 Å². The Labute approximate surface area is 151 Å². The normalized spacial score (nSPS) is 11.6. The van der Waals surface area contributed by atoms with E-state index in [1.165, 1.54) is 18.2 Å². The Morgan fingerprint density at radius 3 is 2.65 bits per heavy atom. The van der Waals surface area contributed by atoms with Crippen LogP contribution in [0.25, 0.3) is 0 Å². The summed E-state index contributed by atoms with van der Waals surface area (Å²) in [6.45, 7) is 3.23. The molecule has 0 spiro atoms. The summed E-state index contributed by atoms with van der Waals surface area (Å²) in [4.78, 5) is 33.9. The van der Waals surface area contributed by atoms with E-state index in [1.54, 1.807) is 14.0 Å². The van der Waals surface area contributed by atoms with Crippen LogP contribution < -0.4 is 20.7 Å². The summed E-state index contributed by atoms with van der Waals surface area (Å²) in [5.74, 6) is -1.48. The van der Waals surface area contributed by atoms with Crippen molar-refractivity contribution < 1.29 is 24.4 Å². The van der Waals surface area contributed by atoms with Crippen molar-refractivity contribution in [2.45, 2.75) is 25.8 Å². The Hall–Kier alpha value is -2.72. The number of anilines is 1. The molecule has 0 unspecified atom stereocenters. The Morgan fingerprint density at radius 2 is 2.08 bits per heavy atom. The van der Waals surface area contributed by atoms with Gasteiger partial charge in [-0.1, -0.05) is 0 Å². The number of carboxylic acids is 1. The first-order chi connectivity index (χ1) is 12.4. The van der Waals surface area contributed by atoms with E-state index in [0.29, 0.717) is 31.9 Å². The van der Waals surface area contributed by atoms with Gasteiger partial charge in [0.25, 0.3) is 5.69 Å². The van der Waals surface area contributed by atoms with E-state index in [-0.39, 0.29) is 17.8 Å². The predicted octanol–water partition coefficient (Wildman–Crippen LogP) is 0.974. The lowest BCUT2D eigenvalue weighted by atomic mass is 10.1. The molecule has 1 amide bonds. The number of benzene rings is 1. The Kier molecular flexibility index (Phi) is 9.02. The smallest absolute Gasteiger partial charge is 0.321 e. The average Bonchev–Trinajstić information content (AvgIpc) is 2.58. The molecule has 0 radical (unpaired) electrons. The van der Waals surface area contributed by atoms with Crippen molar-refractivity contribution in [1.82, 2.24) is 10.6 Å². The molecule has 1 aromatic carbocycles. The van der Waals surface area contributed by atoms with Gasteiger partial charge < -0.3 is 25.8 Å². The van der Waals surface area contributed by atoms with Gasteiger partial charge in [-0.3, -0.25) is 19.7 Å². The van der Waals surface area contributed by atoms with E-state index in [0.717, 1.165) is 0 Å². The number of carboxylic acid groups (broad SMARTS) is 1. The highest BCUT2D eigenvalue weighted by Crippen LogP contribution is 2.29. The van der Waals surface area contributed by atoms with Crippen LogP contribution in [0, 0.1) is 10.1 Å². The molecule has 144 valence electrons. The molecule has 0 aromatic heterocycles. The summed E-state index contributed by atoms with van der Waals surface area (Å²) in [6, 6.07) is 2.99. The highest BCUT2D eigenvalue weighted by Gasteiger charge is 2.23. The lowest BCUT2D eigenvalue weighted by Crippen LogP contribution is -2.40. The molecule has 1 aromatic rings. The van der Waals surface area contributed by atoms with E-state index in [1.807, 2.05) is 0 Å². The van der Waals surface area contributed by atoms with E-state index in [9.17, 15) is 24.8 Å². The minimum atomic E-state index is -1.16. The number of aliphatic carboxylic acids is 1. The van der Waals surface area contributed by atoms with Gasteiger partial charge in [0, 0.05) is 0 Å². The molecular formula is C16H24N4O6. The standard InChI is InChI=1S/C16H24N4O6/c1-3-26-11-5-6-12(14(9-11)20(24)25)19-15(21)10-13(16(22)23)18-8-4-7-17-2/h5-6,9,13,17-18H,3-4,7-8,10H2,1-2H3,(H,19,21)(H,22,23)/t13-/m1/s1. The number of nitro benzene ring substituents is 1. The molecule has 4 N–H and O–H groups in total. The second-order valence-corrected chi connectivity index (χ2v) is 5.42. The van der Waals surface area contributed by atoms with E-state index >= 15 is 0 Å². The third-order valence-electron chi connectivity index (χ3n) is 3.43. The molecule has 0 aliphatic heterocycles. The van der Waals surface area contributed by atoms with Crippen LogP contribution in [0.15, 0.2) is 18.2 Å². The number of hydrogen-bond acceptors (Lipinski definition) is 7. The van der Waals surface area contributed by atoms with Crippen molar-refractivity contribution in [3.8, 4) is 5.75 Å². The number of hydrogen-bond donors (Lipinski definition) is 4. The molecule has 0 heterocycles. The minimum absolute atomic E-state index is 0.0113. The number of carbonyl (C=O) groups excluding carboxylic acids is 1. The highest BCUT2D eigenvalue weighted by atomic mass is 16.6. The molecule has 26 heavy (non-hydrogen) atoms. The zero-order chi connectivity index (χ0) is 19.5. The monoisotopic (exact) mass is 368 g/mol. The molecule has 10 heteroatoms. The van der Waals surface area contributed by atoms with Crippen LogP contribution in [0.5, 0.6) is 5.75 Å². The number of nitrogens with one attached hydrogen (secondary N) is 3. The van der Waals surface area contributed by atoms with Crippen LogP contribution in [-0.4, -0.2) is 54.7 Å². The third-order valence-corrected chi connectivity index (χ3v) is 3.43. The number of rotatable bonds is 12. The fraction of sp³-hybridized carbons (Fsp3) is 0.500. The first-order valence-electron chi connectivity index (χ1n) is 8.20. The van der Waals surface area contributed by atoms with Crippen molar-refractivity contribution in [1.29, 1.82) is 0 Å². The van der Waals surface area contributed by atoms with Gasteiger partial charge in [0.05, 0.1) is 24.0 Å². The molecule has 0 aliphatic rings. The van der Waals surface area contributed by atoms with Gasteiger partial charge >= 0.3 is 5.97 Å². The number of nitro groups is 1. The first-order valence-corrected chi connectivity index (χ1v) is 8.20. The van der Waals surface area contributed by atoms with Gasteiger partial charge in [-0.2, -0.15) is 0 Å². The fourth-order valence-corrected chi connectivity index (χ4v) is 2.20. The Balaban J connectivity index is 2.75. The van der Waals surface area contributed by atoms with Gasteiger partial charge in [-0.15, -0.1) is 0 Å². The van der Waals surface area contributed by atoms with Crippen LogP contribution in [0.2, 0.25) is 0 Å². The van der Waals surface area contributed by atoms with Crippen LogP contribution in [0.1, 0.15) is 19.8 Å². The van der Waals surface area contributed by atoms with Gasteiger partial charge in [0.15, 0.2) is 0 Å². The van der Waals surface area contributed by atoms with Crippen LogP contribution in [0.4, 0.5) is 11.4 Å². The van der Waals surface area contributed by atoms with Crippen LogP contribution >= 0.6 is 0 Å². The summed E-state index contributed by atoms with van der Waals surface area (Å²) in [6.07, 6.45) is 0.353. The summed E-state index contributed by atoms with van der Waals surface area (Å²) in [7, 11) is 1.78. The molecule has 1 rings (SSSR count). The van der Waals surface area contributed by atoms with E-state index in [2.05, 4.69) is 16.0 Å². The zero-order valence-corrected chi connectivity index (χ0v) is 14.8. The van der Waals surface area contributed by atoms with Crippen molar-refractivity contribution in [3.05, 3.63) is 28.3 Å². The first kappa shape index (κ1) is 21.3. The van der Waals surface area contributed by atoms with Crippen LogP contribution in [-0.2, 0) is 9.59 Å². The summed E-state index contributed by atoms with van der Waals surface area (Å²) < 4.78 is 5.21. The summed E-state index contributed by atoms with van der Waals surface area (Å²) in [5.41, 5.74) is -0.332. The number of ether oxygens (including phenoxy) is 1. The molecular weight excluding hydrogens is 344 g/mol. The molecule has 0 aliphatic carbocycles. The maximum atomic E-state index is 12.1. The number of amides is 1. The molecule has 0 bridgehead atoms. The second kappa shape index (κ2) is 11.0. The molecule has 0 fully saturated rings. The van der Waals surface area contributed by atoms with Crippen molar-refractivity contribution >= 4 is 23.3 Å². The largest absolute Gasteiger partial charge is 0.494 e. The highest BCUT2D eigenvalue weighted by molar-refractivity contribution is 5.95. The van der Waals surface area contributed by atoms with Gasteiger partial charge in [0.2, 0.25) is 5.91 Å². The van der Waals surface area contributed by atoms with Crippen molar-refractivity contribution in [2.75, 3.05) is 32.1 Å². The van der Waals surface area contributed by atoms with E-state index in [4.69, 9.17) is 4.74 Å². The SMILES string of the molecule is CCOc1ccc(NC(=O)C[C@@H](NCCCNC)C(=O)O)c([N+](=O)[O-])c1. The average molecular weight is 368 g/mol. The van der Waals surface area contributed by atoms with Crippen LogP contribution in [0.3, 0.4) is 0 Å². The maximum absolute atomic E-state index is 12.1. The van der Waals surface area contributed by atoms with Gasteiger partial charge in [-0.25, -0.2) is 0 Å². The second-order valence-electron chi connectivity index (χ2n) is 5.42. The Bertz CT molecular complexity index is 637. The van der Waals surface area contributed by atoms with Crippen molar-refractivity contribution in [2.24, 2.45) is 0 Å². The van der Waals surface area contributed by atoms with E-state index < -0.39 is 22.8 Å². The summed E-state index contributed by atoms with van der Waals surface area (Å²) >= 11 is 0. The molecule has 0 saturated carbocycles. The predicted molar refractivity (Wildman–Crippen MR) is 95.5 cm³/mol. The zero-order valence-electron chi connectivity index (χ0n) is 14.8. The lowest BCUT2D eigenvalue weighted by Gasteiger charge is -2.14. The molecule has 1 atom stereocenters.